The van der Waals surface area contributed by atoms with Crippen LogP contribution in [0.3, 0.4) is 0 Å². The molecule has 7 nitrogen and oxygen atoms in total. The van der Waals surface area contributed by atoms with E-state index in [9.17, 15) is 9.59 Å². The molecule has 0 aliphatic heterocycles. The Balaban J connectivity index is 2.63. The van der Waals surface area contributed by atoms with Crippen molar-refractivity contribution < 1.29 is 19.4 Å². The number of aromatic amines is 1. The summed E-state index contributed by atoms with van der Waals surface area (Å²) in [5, 5.41) is 9.03. The highest BCUT2D eigenvalue weighted by Gasteiger charge is 2.16. The average Bonchev–Trinajstić information content (AvgIpc) is 2.80. The lowest BCUT2D eigenvalue weighted by Crippen LogP contribution is -2.19. The summed E-state index contributed by atoms with van der Waals surface area (Å²) in [7, 11) is 2.95. The van der Waals surface area contributed by atoms with Gasteiger partial charge >= 0.3 is 11.7 Å². The first-order valence-corrected chi connectivity index (χ1v) is 5.34. The van der Waals surface area contributed by atoms with Crippen LogP contribution in [0.25, 0.3) is 5.69 Å². The van der Waals surface area contributed by atoms with Crippen molar-refractivity contribution in [1.82, 2.24) is 9.55 Å². The topological polar surface area (TPSA) is 93.5 Å². The van der Waals surface area contributed by atoms with Crippen molar-refractivity contribution in [2.24, 2.45) is 0 Å². The highest BCUT2D eigenvalue weighted by atomic mass is 16.5. The smallest absolute Gasteiger partial charge is 0.354 e. The van der Waals surface area contributed by atoms with E-state index >= 15 is 0 Å². The molecule has 2 aromatic rings. The molecule has 0 aliphatic rings. The fraction of sp³-hybridized carbons (Fsp3) is 0.167. The van der Waals surface area contributed by atoms with Gasteiger partial charge in [0, 0.05) is 12.3 Å². The van der Waals surface area contributed by atoms with E-state index in [-0.39, 0.29) is 5.69 Å². The number of rotatable bonds is 4. The van der Waals surface area contributed by atoms with Gasteiger partial charge in [-0.1, -0.05) is 0 Å². The Hall–Kier alpha value is -2.70. The minimum atomic E-state index is -1.20. The molecule has 0 spiro atoms. The lowest BCUT2D eigenvalue weighted by molar-refractivity contribution is 0.0688. The van der Waals surface area contributed by atoms with E-state index in [1.807, 2.05) is 0 Å². The van der Waals surface area contributed by atoms with Crippen molar-refractivity contribution in [3.8, 4) is 17.2 Å². The lowest BCUT2D eigenvalue weighted by Gasteiger charge is -2.10. The standard InChI is InChI=1S/C12H12N2O5/c1-18-9-4-3-7(5-10(9)19-2)14-8(11(15)16)6-13-12(14)17/h3-6H,1-2H3,(H,13,17)(H,15,16). The quantitative estimate of drug-likeness (QED) is 0.855. The maximum Gasteiger partial charge on any atom is 0.354 e. The number of carboxylic acids is 1. The normalized spacial score (nSPS) is 10.2. The maximum atomic E-state index is 11.7. The largest absolute Gasteiger partial charge is 0.493 e. The number of imidazole rings is 1. The number of hydrogen-bond acceptors (Lipinski definition) is 4. The number of aromatic nitrogens is 2. The summed E-state index contributed by atoms with van der Waals surface area (Å²) < 4.78 is 11.2. The molecule has 1 aromatic heterocycles. The van der Waals surface area contributed by atoms with Gasteiger partial charge in [0.2, 0.25) is 0 Å². The molecule has 100 valence electrons. The van der Waals surface area contributed by atoms with Gasteiger partial charge in [-0.25, -0.2) is 9.59 Å². The highest BCUT2D eigenvalue weighted by Crippen LogP contribution is 2.28. The van der Waals surface area contributed by atoms with Crippen LogP contribution in [0.1, 0.15) is 10.5 Å². The molecule has 1 aromatic carbocycles. The average molecular weight is 264 g/mol. The molecule has 0 bridgehead atoms. The Bertz CT molecular complexity index is 671. The predicted octanol–water partition coefficient (Wildman–Crippen LogP) is 0.881. The Morgan fingerprint density at radius 2 is 1.95 bits per heavy atom. The van der Waals surface area contributed by atoms with E-state index < -0.39 is 11.7 Å². The summed E-state index contributed by atoms with van der Waals surface area (Å²) in [5.41, 5.74) is -0.317. The number of hydrogen-bond donors (Lipinski definition) is 2. The summed E-state index contributed by atoms with van der Waals surface area (Å²) in [4.78, 5) is 25.1. The molecule has 0 amide bonds. The van der Waals surface area contributed by atoms with E-state index in [2.05, 4.69) is 4.98 Å². The molecular formula is C12H12N2O5. The molecular weight excluding hydrogens is 252 g/mol. The number of carboxylic acid groups (broad SMARTS) is 1. The molecule has 0 saturated carbocycles. The van der Waals surface area contributed by atoms with Gasteiger partial charge in [0.15, 0.2) is 17.2 Å². The van der Waals surface area contributed by atoms with Crippen LogP contribution in [-0.4, -0.2) is 34.8 Å². The van der Waals surface area contributed by atoms with E-state index in [1.165, 1.54) is 20.3 Å². The predicted molar refractivity (Wildman–Crippen MR) is 66.5 cm³/mol. The summed E-state index contributed by atoms with van der Waals surface area (Å²) in [6.07, 6.45) is 1.14. The second kappa shape index (κ2) is 4.89. The molecule has 0 aliphatic carbocycles. The van der Waals surface area contributed by atoms with Gasteiger partial charge in [0.05, 0.1) is 19.9 Å². The van der Waals surface area contributed by atoms with Gasteiger partial charge in [0.1, 0.15) is 0 Å². The number of benzene rings is 1. The SMILES string of the molecule is COc1ccc(-n2c(C(=O)O)c[nH]c2=O)cc1OC. The van der Waals surface area contributed by atoms with Crippen molar-refractivity contribution in [1.29, 1.82) is 0 Å². The fourth-order valence-electron chi connectivity index (χ4n) is 1.75. The van der Waals surface area contributed by atoms with Gasteiger partial charge in [-0.3, -0.25) is 4.57 Å². The number of H-pyrrole nitrogens is 1. The van der Waals surface area contributed by atoms with Crippen LogP contribution in [0.15, 0.2) is 29.2 Å². The summed E-state index contributed by atoms with van der Waals surface area (Å²) in [6.45, 7) is 0. The third kappa shape index (κ3) is 2.17. The van der Waals surface area contributed by atoms with Crippen LogP contribution in [0.4, 0.5) is 0 Å². The van der Waals surface area contributed by atoms with E-state index in [1.54, 1.807) is 12.1 Å². The monoisotopic (exact) mass is 264 g/mol. The first-order chi connectivity index (χ1) is 9.08. The Kier molecular flexibility index (Phi) is 3.28. The van der Waals surface area contributed by atoms with Gasteiger partial charge in [-0.2, -0.15) is 0 Å². The molecule has 0 saturated heterocycles. The van der Waals surface area contributed by atoms with Crippen molar-refractivity contribution in [2.75, 3.05) is 14.2 Å². The van der Waals surface area contributed by atoms with Crippen molar-refractivity contribution in [2.45, 2.75) is 0 Å². The Morgan fingerprint density at radius 1 is 1.26 bits per heavy atom. The van der Waals surface area contributed by atoms with E-state index in [0.717, 1.165) is 10.8 Å². The zero-order valence-corrected chi connectivity index (χ0v) is 10.3. The molecule has 7 heteroatoms. The molecule has 0 atom stereocenters. The van der Waals surface area contributed by atoms with Crippen molar-refractivity contribution in [3.05, 3.63) is 40.6 Å². The number of nitrogens with zero attached hydrogens (tertiary/aromatic N) is 1. The molecule has 1 heterocycles. The number of aromatic carboxylic acids is 1. The van der Waals surface area contributed by atoms with Gasteiger partial charge in [-0.05, 0) is 12.1 Å². The second-order valence-electron chi connectivity index (χ2n) is 3.66. The first-order valence-electron chi connectivity index (χ1n) is 5.34. The minimum absolute atomic E-state index is 0.155. The number of nitrogens with one attached hydrogen (secondary N) is 1. The van der Waals surface area contributed by atoms with Gasteiger partial charge in [-0.15, -0.1) is 0 Å². The number of ether oxygens (including phenoxy) is 2. The zero-order valence-electron chi connectivity index (χ0n) is 10.3. The van der Waals surface area contributed by atoms with Crippen LogP contribution in [0, 0.1) is 0 Å². The van der Waals surface area contributed by atoms with Gasteiger partial charge < -0.3 is 19.6 Å². The zero-order chi connectivity index (χ0) is 14.0. The Morgan fingerprint density at radius 3 is 2.53 bits per heavy atom. The van der Waals surface area contributed by atoms with Crippen molar-refractivity contribution in [3.63, 3.8) is 0 Å². The summed E-state index contributed by atoms with van der Waals surface area (Å²) >= 11 is 0. The summed E-state index contributed by atoms with van der Waals surface area (Å²) in [6, 6.07) is 4.70. The fourth-order valence-corrected chi connectivity index (χ4v) is 1.75. The Labute approximate surface area is 108 Å². The van der Waals surface area contributed by atoms with E-state index in [0.29, 0.717) is 17.2 Å². The minimum Gasteiger partial charge on any atom is -0.493 e. The highest BCUT2D eigenvalue weighted by molar-refractivity contribution is 5.86. The van der Waals surface area contributed by atoms with E-state index in [4.69, 9.17) is 14.6 Å². The second-order valence-corrected chi connectivity index (χ2v) is 3.66. The van der Waals surface area contributed by atoms with Crippen LogP contribution >= 0.6 is 0 Å². The van der Waals surface area contributed by atoms with Gasteiger partial charge in [0.25, 0.3) is 0 Å². The molecule has 19 heavy (non-hydrogen) atoms. The molecule has 0 unspecified atom stereocenters. The number of carbonyl (C=O) groups is 1. The number of methoxy groups -OCH3 is 2. The molecule has 2 N–H and O–H groups in total. The van der Waals surface area contributed by atoms with Crippen LogP contribution in [0.2, 0.25) is 0 Å². The van der Waals surface area contributed by atoms with Crippen LogP contribution in [0.5, 0.6) is 11.5 Å². The first kappa shape index (κ1) is 12.7. The third-order valence-electron chi connectivity index (χ3n) is 2.62. The lowest BCUT2D eigenvalue weighted by atomic mass is 10.2. The van der Waals surface area contributed by atoms with Crippen LogP contribution < -0.4 is 15.2 Å². The van der Waals surface area contributed by atoms with Crippen LogP contribution in [-0.2, 0) is 0 Å². The van der Waals surface area contributed by atoms with Crippen molar-refractivity contribution >= 4 is 5.97 Å². The molecule has 0 radical (unpaired) electrons. The third-order valence-corrected chi connectivity index (χ3v) is 2.62. The maximum absolute atomic E-state index is 11.7. The molecule has 2 rings (SSSR count). The molecule has 0 fully saturated rings. The summed E-state index contributed by atoms with van der Waals surface area (Å²) in [5.74, 6) is -0.302.